The number of hydrogen-bond acceptors (Lipinski definition) is 2. The molecule has 0 aromatic rings. The minimum atomic E-state index is 0.660. The van der Waals surface area contributed by atoms with Gasteiger partial charge in [-0.15, -0.1) is 0 Å². The Balaban J connectivity index is 1.64. The van der Waals surface area contributed by atoms with Crippen molar-refractivity contribution in [3.63, 3.8) is 0 Å². The highest BCUT2D eigenvalue weighted by Crippen LogP contribution is 2.50. The highest BCUT2D eigenvalue weighted by Gasteiger charge is 2.47. The molecule has 3 atom stereocenters. The molecule has 15 heavy (non-hydrogen) atoms. The standard InChI is InChI=1S/C13H24N2/c1-10(13(2)5-6-13)15-8-11-4-3-7-14-12(11)9-15/h10-12,14H,3-9H2,1-2H3/t10?,11-,12+/m0/s1. The van der Waals surface area contributed by atoms with Gasteiger partial charge in [0.25, 0.3) is 0 Å². The van der Waals surface area contributed by atoms with Crippen molar-refractivity contribution in [1.29, 1.82) is 0 Å². The fourth-order valence-electron chi connectivity index (χ4n) is 3.45. The number of likely N-dealkylation sites (tertiary alicyclic amines) is 1. The van der Waals surface area contributed by atoms with Crippen LogP contribution in [0.25, 0.3) is 0 Å². The summed E-state index contributed by atoms with van der Waals surface area (Å²) in [5.74, 6) is 0.948. The maximum atomic E-state index is 3.70. The van der Waals surface area contributed by atoms with Gasteiger partial charge in [-0.2, -0.15) is 0 Å². The molecule has 2 heteroatoms. The van der Waals surface area contributed by atoms with E-state index >= 15 is 0 Å². The molecule has 2 nitrogen and oxygen atoms in total. The smallest absolute Gasteiger partial charge is 0.0235 e. The summed E-state index contributed by atoms with van der Waals surface area (Å²) in [7, 11) is 0. The molecule has 1 saturated carbocycles. The van der Waals surface area contributed by atoms with Crippen LogP contribution >= 0.6 is 0 Å². The van der Waals surface area contributed by atoms with Gasteiger partial charge in [0.1, 0.15) is 0 Å². The Morgan fingerprint density at radius 2 is 2.13 bits per heavy atom. The van der Waals surface area contributed by atoms with Crippen LogP contribution in [-0.2, 0) is 0 Å². The molecule has 0 spiro atoms. The molecule has 0 amide bonds. The largest absolute Gasteiger partial charge is 0.312 e. The molecule has 1 aliphatic carbocycles. The van der Waals surface area contributed by atoms with Gasteiger partial charge in [-0.05, 0) is 50.5 Å². The average molecular weight is 208 g/mol. The third-order valence-corrected chi connectivity index (χ3v) is 5.22. The van der Waals surface area contributed by atoms with Crippen LogP contribution in [0.5, 0.6) is 0 Å². The summed E-state index contributed by atoms with van der Waals surface area (Å²) in [6.07, 6.45) is 5.75. The topological polar surface area (TPSA) is 15.3 Å². The third kappa shape index (κ3) is 1.72. The van der Waals surface area contributed by atoms with E-state index in [0.717, 1.165) is 18.0 Å². The molecule has 3 aliphatic rings. The minimum Gasteiger partial charge on any atom is -0.312 e. The first-order valence-electron chi connectivity index (χ1n) is 6.66. The van der Waals surface area contributed by atoms with E-state index in [9.17, 15) is 0 Å². The number of nitrogens with one attached hydrogen (secondary N) is 1. The summed E-state index contributed by atoms with van der Waals surface area (Å²) in [5.41, 5.74) is 0.660. The molecule has 0 aromatic carbocycles. The number of piperidine rings is 1. The van der Waals surface area contributed by atoms with Crippen LogP contribution < -0.4 is 5.32 Å². The molecule has 2 aliphatic heterocycles. The van der Waals surface area contributed by atoms with Crippen LogP contribution in [0, 0.1) is 11.3 Å². The Bertz CT molecular complexity index is 233. The molecule has 0 bridgehead atoms. The molecular weight excluding hydrogens is 184 g/mol. The predicted octanol–water partition coefficient (Wildman–Crippen LogP) is 1.86. The summed E-state index contributed by atoms with van der Waals surface area (Å²) in [6.45, 7) is 8.83. The molecular formula is C13H24N2. The zero-order chi connectivity index (χ0) is 10.5. The lowest BCUT2D eigenvalue weighted by atomic mass is 9.94. The van der Waals surface area contributed by atoms with Crippen molar-refractivity contribution in [2.45, 2.75) is 51.6 Å². The quantitative estimate of drug-likeness (QED) is 0.745. The Morgan fingerprint density at radius 1 is 1.33 bits per heavy atom. The number of hydrogen-bond donors (Lipinski definition) is 1. The lowest BCUT2D eigenvalue weighted by Crippen LogP contribution is -2.42. The van der Waals surface area contributed by atoms with E-state index in [-0.39, 0.29) is 0 Å². The number of nitrogens with zero attached hydrogens (tertiary/aromatic N) is 1. The van der Waals surface area contributed by atoms with E-state index in [1.54, 1.807) is 0 Å². The normalized spacial score (nSPS) is 41.2. The van der Waals surface area contributed by atoms with Crippen LogP contribution in [0.1, 0.15) is 39.5 Å². The van der Waals surface area contributed by atoms with E-state index in [1.807, 2.05) is 0 Å². The first-order chi connectivity index (χ1) is 7.19. The molecule has 1 N–H and O–H groups in total. The fraction of sp³-hybridized carbons (Fsp3) is 1.00. The SMILES string of the molecule is CC(N1C[C@@H]2CCCN[C@@H]2C1)C1(C)CC1. The van der Waals surface area contributed by atoms with Crippen molar-refractivity contribution in [3.05, 3.63) is 0 Å². The molecule has 3 fully saturated rings. The van der Waals surface area contributed by atoms with Gasteiger partial charge < -0.3 is 5.32 Å². The molecule has 1 unspecified atom stereocenters. The molecule has 3 rings (SSSR count). The second kappa shape index (κ2) is 3.46. The van der Waals surface area contributed by atoms with Gasteiger partial charge in [-0.1, -0.05) is 6.92 Å². The Hall–Kier alpha value is -0.0800. The van der Waals surface area contributed by atoms with E-state index < -0.39 is 0 Å². The van der Waals surface area contributed by atoms with Gasteiger partial charge in [0.05, 0.1) is 0 Å². The third-order valence-electron chi connectivity index (χ3n) is 5.22. The van der Waals surface area contributed by atoms with Gasteiger partial charge in [-0.25, -0.2) is 0 Å². The van der Waals surface area contributed by atoms with E-state index in [2.05, 4.69) is 24.1 Å². The van der Waals surface area contributed by atoms with Crippen LogP contribution in [0.3, 0.4) is 0 Å². The summed E-state index contributed by atoms with van der Waals surface area (Å²) < 4.78 is 0. The fourth-order valence-corrected chi connectivity index (χ4v) is 3.45. The first-order valence-corrected chi connectivity index (χ1v) is 6.66. The van der Waals surface area contributed by atoms with Gasteiger partial charge in [0.2, 0.25) is 0 Å². The summed E-state index contributed by atoms with van der Waals surface area (Å²) in [5, 5.41) is 3.70. The van der Waals surface area contributed by atoms with Gasteiger partial charge >= 0.3 is 0 Å². The number of fused-ring (bicyclic) bond motifs is 1. The van der Waals surface area contributed by atoms with Crippen LogP contribution in [0.15, 0.2) is 0 Å². The number of rotatable bonds is 2. The molecule has 0 radical (unpaired) electrons. The zero-order valence-electron chi connectivity index (χ0n) is 10.1. The summed E-state index contributed by atoms with van der Waals surface area (Å²) >= 11 is 0. The molecule has 86 valence electrons. The van der Waals surface area contributed by atoms with Gasteiger partial charge in [-0.3, -0.25) is 4.90 Å². The van der Waals surface area contributed by atoms with Crippen LogP contribution in [0.2, 0.25) is 0 Å². The summed E-state index contributed by atoms with van der Waals surface area (Å²) in [6, 6.07) is 1.62. The average Bonchev–Trinajstić information content (AvgIpc) is 2.85. The van der Waals surface area contributed by atoms with Gasteiger partial charge in [0.15, 0.2) is 0 Å². The van der Waals surface area contributed by atoms with Crippen molar-refractivity contribution in [2.75, 3.05) is 19.6 Å². The first kappa shape index (κ1) is 10.1. The maximum absolute atomic E-state index is 3.70. The Kier molecular flexibility index (Phi) is 2.33. The Morgan fingerprint density at radius 3 is 2.80 bits per heavy atom. The lowest BCUT2D eigenvalue weighted by Gasteiger charge is -2.29. The molecule has 2 saturated heterocycles. The second-order valence-electron chi connectivity index (χ2n) is 6.25. The highest BCUT2D eigenvalue weighted by atomic mass is 15.2. The van der Waals surface area contributed by atoms with Crippen LogP contribution in [-0.4, -0.2) is 36.6 Å². The van der Waals surface area contributed by atoms with Crippen molar-refractivity contribution in [2.24, 2.45) is 11.3 Å². The van der Waals surface area contributed by atoms with E-state index in [1.165, 1.54) is 45.3 Å². The van der Waals surface area contributed by atoms with Crippen molar-refractivity contribution in [3.8, 4) is 0 Å². The summed E-state index contributed by atoms with van der Waals surface area (Å²) in [4.78, 5) is 2.75. The molecule has 2 heterocycles. The monoisotopic (exact) mass is 208 g/mol. The van der Waals surface area contributed by atoms with E-state index in [0.29, 0.717) is 5.41 Å². The van der Waals surface area contributed by atoms with Crippen molar-refractivity contribution < 1.29 is 0 Å². The maximum Gasteiger partial charge on any atom is 0.0235 e. The van der Waals surface area contributed by atoms with Gasteiger partial charge in [0, 0.05) is 25.2 Å². The van der Waals surface area contributed by atoms with Crippen LogP contribution in [0.4, 0.5) is 0 Å². The zero-order valence-corrected chi connectivity index (χ0v) is 10.1. The Labute approximate surface area is 93.4 Å². The predicted molar refractivity (Wildman–Crippen MR) is 62.9 cm³/mol. The molecule has 0 aromatic heterocycles. The minimum absolute atomic E-state index is 0.660. The van der Waals surface area contributed by atoms with Crippen molar-refractivity contribution >= 4 is 0 Å². The van der Waals surface area contributed by atoms with E-state index in [4.69, 9.17) is 0 Å². The van der Waals surface area contributed by atoms with Crippen molar-refractivity contribution in [1.82, 2.24) is 10.2 Å². The highest BCUT2D eigenvalue weighted by molar-refractivity contribution is 5.02. The lowest BCUT2D eigenvalue weighted by molar-refractivity contribution is 0.177. The second-order valence-corrected chi connectivity index (χ2v) is 6.25.